The molecule has 2 spiro atoms. The van der Waals surface area contributed by atoms with Crippen LogP contribution < -0.4 is 5.73 Å². The van der Waals surface area contributed by atoms with Crippen LogP contribution in [0, 0.1) is 50.7 Å². The summed E-state index contributed by atoms with van der Waals surface area (Å²) < 4.78 is 12.4. The Labute approximate surface area is 229 Å². The summed E-state index contributed by atoms with van der Waals surface area (Å²) in [4.78, 5) is 12.0. The number of nitrogens with two attached hydrogens (primary N) is 1. The Hall–Kier alpha value is -0.690. The zero-order valence-electron chi connectivity index (χ0n) is 25.0. The highest BCUT2D eigenvalue weighted by Crippen LogP contribution is 2.89. The predicted octanol–water partition coefficient (Wildman–Crippen LogP) is 4.83. The van der Waals surface area contributed by atoms with E-state index in [-0.39, 0.29) is 34.3 Å². The summed E-state index contributed by atoms with van der Waals surface area (Å²) in [5.74, 6) is 1.30. The number of ether oxygens (including phenoxy) is 2. The van der Waals surface area contributed by atoms with E-state index in [1.807, 2.05) is 0 Å². The lowest BCUT2D eigenvalue weighted by Gasteiger charge is -2.63. The van der Waals surface area contributed by atoms with Gasteiger partial charge in [0.2, 0.25) is 0 Å². The number of esters is 1. The minimum Gasteiger partial charge on any atom is -0.457 e. The SMILES string of the molecule is CC(=O)O[C@@H]([C@H]1C[C@@H](C)[C@H]2[C@H](O1)[C@H](O)[C@@]1(C)[C@@H]3CC[C@H]4C(C)(C)C(N)CC[C@@]45C[C@@]35CC[C@]21C)C(C)(C)O. The molecule has 4 N–H and O–H groups in total. The molecule has 13 atom stereocenters. The van der Waals surface area contributed by atoms with Crippen LogP contribution in [0.4, 0.5) is 0 Å². The molecular weight excluding hydrogens is 478 g/mol. The van der Waals surface area contributed by atoms with E-state index in [1.54, 1.807) is 13.8 Å². The second-order valence-electron chi connectivity index (χ2n) is 16.3. The molecule has 0 aromatic carbocycles. The molecule has 0 aromatic heterocycles. The van der Waals surface area contributed by atoms with Crippen molar-refractivity contribution in [1.82, 2.24) is 0 Å². The number of carbonyl (C=O) groups excluding carboxylic acids is 1. The van der Waals surface area contributed by atoms with Gasteiger partial charge in [-0.1, -0.05) is 34.6 Å². The van der Waals surface area contributed by atoms with Crippen LogP contribution in [0.3, 0.4) is 0 Å². The van der Waals surface area contributed by atoms with Gasteiger partial charge >= 0.3 is 5.97 Å². The van der Waals surface area contributed by atoms with E-state index in [0.29, 0.717) is 28.6 Å². The van der Waals surface area contributed by atoms with Crippen molar-refractivity contribution in [2.75, 3.05) is 0 Å². The molecule has 5 saturated carbocycles. The maximum Gasteiger partial charge on any atom is 0.303 e. The molecule has 0 amide bonds. The lowest BCUT2D eigenvalue weighted by atomic mass is 9.41. The summed E-state index contributed by atoms with van der Waals surface area (Å²) in [6.07, 6.45) is 7.10. The van der Waals surface area contributed by atoms with Crippen LogP contribution in [0.1, 0.15) is 107 Å². The average molecular weight is 532 g/mol. The van der Waals surface area contributed by atoms with Crippen molar-refractivity contribution >= 4 is 5.97 Å². The van der Waals surface area contributed by atoms with Gasteiger partial charge in [-0.2, -0.15) is 0 Å². The number of carbonyl (C=O) groups is 1. The second kappa shape index (κ2) is 7.98. The smallest absolute Gasteiger partial charge is 0.303 e. The van der Waals surface area contributed by atoms with Gasteiger partial charge in [-0.3, -0.25) is 4.79 Å². The van der Waals surface area contributed by atoms with Gasteiger partial charge in [-0.15, -0.1) is 0 Å². The molecule has 0 bridgehead atoms. The van der Waals surface area contributed by atoms with E-state index in [9.17, 15) is 15.0 Å². The van der Waals surface area contributed by atoms with Crippen LogP contribution in [0.2, 0.25) is 0 Å². The van der Waals surface area contributed by atoms with Crippen molar-refractivity contribution in [3.05, 3.63) is 0 Å². The largest absolute Gasteiger partial charge is 0.457 e. The molecule has 0 radical (unpaired) electrons. The molecule has 1 aliphatic heterocycles. The maximum atomic E-state index is 12.3. The van der Waals surface area contributed by atoms with Crippen molar-refractivity contribution in [1.29, 1.82) is 0 Å². The first-order valence-corrected chi connectivity index (χ1v) is 15.5. The van der Waals surface area contributed by atoms with Gasteiger partial charge in [-0.05, 0) is 111 Å². The van der Waals surface area contributed by atoms with Crippen LogP contribution in [0.25, 0.3) is 0 Å². The van der Waals surface area contributed by atoms with Gasteiger partial charge in [0.15, 0.2) is 6.10 Å². The second-order valence-corrected chi connectivity index (χ2v) is 16.3. The molecule has 1 unspecified atom stereocenters. The zero-order valence-corrected chi connectivity index (χ0v) is 25.0. The quantitative estimate of drug-likeness (QED) is 0.451. The number of rotatable bonds is 3. The Kier molecular flexibility index (Phi) is 5.77. The third kappa shape index (κ3) is 3.13. The van der Waals surface area contributed by atoms with Crippen LogP contribution in [-0.4, -0.2) is 52.2 Å². The number of hydrogen-bond acceptors (Lipinski definition) is 6. The summed E-state index contributed by atoms with van der Waals surface area (Å²) >= 11 is 0. The molecule has 1 heterocycles. The minimum absolute atomic E-state index is 0.0136. The van der Waals surface area contributed by atoms with Crippen molar-refractivity contribution in [2.45, 2.75) is 143 Å². The van der Waals surface area contributed by atoms with Crippen molar-refractivity contribution in [3.8, 4) is 0 Å². The molecule has 6 nitrogen and oxygen atoms in total. The summed E-state index contributed by atoms with van der Waals surface area (Å²) in [5.41, 5.74) is 6.12. The zero-order chi connectivity index (χ0) is 27.8. The Bertz CT molecular complexity index is 1010. The third-order valence-electron chi connectivity index (χ3n) is 14.3. The molecule has 6 rings (SSSR count). The molecular formula is C32H53NO5. The first-order valence-electron chi connectivity index (χ1n) is 15.5. The number of aliphatic hydroxyl groups excluding tert-OH is 1. The van der Waals surface area contributed by atoms with Crippen molar-refractivity contribution in [2.24, 2.45) is 56.5 Å². The maximum absolute atomic E-state index is 12.3. The minimum atomic E-state index is -1.23. The standard InChI is InChI=1S/C32H53NO5/c1-17-15-19(26(28(5,6)36)37-18(2)34)38-24-23(17)29(7)13-14-32-16-31(32)12-11-22(33)27(3,4)20(31)9-10-21(32)30(29,8)25(24)35/h17,19-26,35-36H,9-16,33H2,1-8H3/t17-,19-,20+,21+,22?,23+,24+,25+,26+,29-,30-,31-,32+/m1/s1. The fourth-order valence-corrected chi connectivity index (χ4v) is 12.4. The van der Waals surface area contributed by atoms with Gasteiger partial charge in [0.05, 0.1) is 23.9 Å². The fraction of sp³-hybridized carbons (Fsp3) is 0.969. The molecule has 6 fully saturated rings. The predicted molar refractivity (Wildman–Crippen MR) is 146 cm³/mol. The van der Waals surface area contributed by atoms with Gasteiger partial charge in [-0.25, -0.2) is 0 Å². The molecule has 6 aliphatic rings. The normalized spacial score (nSPS) is 55.4. The number of fused-ring (bicyclic) bond motifs is 4. The third-order valence-corrected chi connectivity index (χ3v) is 14.3. The lowest BCUT2D eigenvalue weighted by Crippen LogP contribution is -2.60. The van der Waals surface area contributed by atoms with Gasteiger partial charge in [0, 0.05) is 18.4 Å². The van der Waals surface area contributed by atoms with Gasteiger partial charge in [0.25, 0.3) is 0 Å². The van der Waals surface area contributed by atoms with E-state index in [2.05, 4.69) is 34.6 Å². The van der Waals surface area contributed by atoms with Crippen LogP contribution in [0.15, 0.2) is 0 Å². The van der Waals surface area contributed by atoms with Gasteiger partial charge in [0.1, 0.15) is 0 Å². The monoisotopic (exact) mass is 531 g/mol. The Morgan fingerprint density at radius 2 is 1.68 bits per heavy atom. The van der Waals surface area contributed by atoms with E-state index < -0.39 is 29.9 Å². The highest BCUT2D eigenvalue weighted by molar-refractivity contribution is 5.66. The molecule has 216 valence electrons. The van der Waals surface area contributed by atoms with Crippen LogP contribution in [-0.2, 0) is 14.3 Å². The first kappa shape index (κ1) is 27.5. The number of aliphatic hydroxyl groups is 2. The molecule has 5 aliphatic carbocycles. The summed E-state index contributed by atoms with van der Waals surface area (Å²) in [6.45, 7) is 16.7. The van der Waals surface area contributed by atoms with Crippen molar-refractivity contribution < 1.29 is 24.5 Å². The topological polar surface area (TPSA) is 102 Å². The van der Waals surface area contributed by atoms with Crippen LogP contribution in [0.5, 0.6) is 0 Å². The molecule has 1 saturated heterocycles. The summed E-state index contributed by atoms with van der Waals surface area (Å²) in [6, 6.07) is 0.281. The Morgan fingerprint density at radius 1 is 1.05 bits per heavy atom. The molecule has 6 heteroatoms. The van der Waals surface area contributed by atoms with E-state index in [4.69, 9.17) is 15.2 Å². The van der Waals surface area contributed by atoms with E-state index in [1.165, 1.54) is 39.0 Å². The van der Waals surface area contributed by atoms with Crippen molar-refractivity contribution in [3.63, 3.8) is 0 Å². The van der Waals surface area contributed by atoms with Crippen LogP contribution >= 0.6 is 0 Å². The Balaban J connectivity index is 1.35. The number of hydrogen-bond donors (Lipinski definition) is 3. The first-order chi connectivity index (χ1) is 17.5. The molecule has 38 heavy (non-hydrogen) atoms. The highest BCUT2D eigenvalue weighted by Gasteiger charge is 2.84. The van der Waals surface area contributed by atoms with E-state index >= 15 is 0 Å². The molecule has 0 aromatic rings. The van der Waals surface area contributed by atoms with E-state index in [0.717, 1.165) is 19.3 Å². The summed E-state index contributed by atoms with van der Waals surface area (Å²) in [5, 5.41) is 23.3. The average Bonchev–Trinajstić information content (AvgIpc) is 3.44. The van der Waals surface area contributed by atoms with Gasteiger partial charge < -0.3 is 25.4 Å². The fourth-order valence-electron chi connectivity index (χ4n) is 12.4. The lowest BCUT2D eigenvalue weighted by molar-refractivity contribution is -0.216. The Morgan fingerprint density at radius 3 is 2.32 bits per heavy atom. The summed E-state index contributed by atoms with van der Waals surface area (Å²) in [7, 11) is 0. The highest BCUT2D eigenvalue weighted by atomic mass is 16.6.